The number of hydrogen-bond donors (Lipinski definition) is 1. The summed E-state index contributed by atoms with van der Waals surface area (Å²) in [5.74, 6) is 1.36. The molecule has 1 rings (SSSR count). The van der Waals surface area contributed by atoms with Gasteiger partial charge in [0.2, 0.25) is 4.77 Å². The lowest BCUT2D eigenvalue weighted by Crippen LogP contribution is -2.16. The molecule has 0 bridgehead atoms. The topological polar surface area (TPSA) is 33.6 Å². The second-order valence-corrected chi connectivity index (χ2v) is 4.90. The van der Waals surface area contributed by atoms with Crippen LogP contribution in [-0.4, -0.2) is 14.8 Å². The first-order valence-electron chi connectivity index (χ1n) is 4.45. The molecule has 0 saturated heterocycles. The molecule has 0 saturated carbocycles. The minimum absolute atomic E-state index is 0.215. The van der Waals surface area contributed by atoms with Crippen molar-refractivity contribution in [2.75, 3.05) is 0 Å². The average molecular weight is 199 g/mol. The number of nitrogens with zero attached hydrogens (tertiary/aromatic N) is 2. The lowest BCUT2D eigenvalue weighted by Gasteiger charge is -2.24. The van der Waals surface area contributed by atoms with E-state index in [-0.39, 0.29) is 5.41 Å². The highest BCUT2D eigenvalue weighted by atomic mass is 32.1. The van der Waals surface area contributed by atoms with Gasteiger partial charge in [0.05, 0.1) is 0 Å². The molecule has 1 unspecified atom stereocenters. The van der Waals surface area contributed by atoms with E-state index in [2.05, 4.69) is 37.8 Å². The highest BCUT2D eigenvalue weighted by Crippen LogP contribution is 2.32. The van der Waals surface area contributed by atoms with E-state index in [0.717, 1.165) is 5.82 Å². The van der Waals surface area contributed by atoms with Crippen molar-refractivity contribution in [2.45, 2.75) is 33.6 Å². The van der Waals surface area contributed by atoms with Crippen molar-refractivity contribution >= 4 is 12.2 Å². The smallest absolute Gasteiger partial charge is 0.215 e. The minimum atomic E-state index is 0.215. The predicted molar refractivity (Wildman–Crippen MR) is 56.3 cm³/mol. The summed E-state index contributed by atoms with van der Waals surface area (Å²) in [5.41, 5.74) is 0.215. The Morgan fingerprint density at radius 2 is 2.00 bits per heavy atom. The maximum atomic E-state index is 5.04. The molecule has 1 N–H and O–H groups in total. The standard InChI is InChI=1S/C9H17N3S/c1-6(9(2,3)4)7-10-8(13)12(5)11-7/h6H,1-5H3,(H,10,11,13). The normalized spacial score (nSPS) is 14.5. The van der Waals surface area contributed by atoms with Crippen LogP contribution in [0.2, 0.25) is 0 Å². The fourth-order valence-corrected chi connectivity index (χ4v) is 1.17. The van der Waals surface area contributed by atoms with Crippen molar-refractivity contribution in [1.29, 1.82) is 0 Å². The van der Waals surface area contributed by atoms with Gasteiger partial charge in [0.1, 0.15) is 5.82 Å². The first-order chi connectivity index (χ1) is 5.82. The lowest BCUT2D eigenvalue weighted by atomic mass is 9.82. The summed E-state index contributed by atoms with van der Waals surface area (Å²) in [6.07, 6.45) is 0. The molecule has 0 aliphatic carbocycles. The Bertz CT molecular complexity index is 342. The second kappa shape index (κ2) is 3.25. The third-order valence-electron chi connectivity index (χ3n) is 2.49. The molecule has 0 amide bonds. The molecule has 1 aromatic rings. The Hall–Kier alpha value is -0.640. The summed E-state index contributed by atoms with van der Waals surface area (Å²) in [6, 6.07) is 0. The fourth-order valence-electron chi connectivity index (χ4n) is 1.03. The number of aryl methyl sites for hydroxylation is 1. The van der Waals surface area contributed by atoms with E-state index in [0.29, 0.717) is 10.7 Å². The maximum Gasteiger partial charge on any atom is 0.215 e. The third-order valence-corrected chi connectivity index (χ3v) is 2.86. The second-order valence-electron chi connectivity index (χ2n) is 4.54. The van der Waals surface area contributed by atoms with Crippen LogP contribution in [-0.2, 0) is 7.05 Å². The zero-order valence-corrected chi connectivity index (χ0v) is 9.70. The van der Waals surface area contributed by atoms with Gasteiger partial charge in [-0.1, -0.05) is 27.7 Å². The summed E-state index contributed by atoms with van der Waals surface area (Å²) >= 11 is 5.04. The molecule has 1 aromatic heterocycles. The van der Waals surface area contributed by atoms with Crippen molar-refractivity contribution in [3.05, 3.63) is 10.6 Å². The van der Waals surface area contributed by atoms with Gasteiger partial charge in [0, 0.05) is 13.0 Å². The fraction of sp³-hybridized carbons (Fsp3) is 0.778. The van der Waals surface area contributed by atoms with E-state index >= 15 is 0 Å². The molecule has 0 radical (unpaired) electrons. The van der Waals surface area contributed by atoms with Crippen molar-refractivity contribution in [3.8, 4) is 0 Å². The summed E-state index contributed by atoms with van der Waals surface area (Å²) in [6.45, 7) is 8.75. The molecule has 74 valence electrons. The zero-order chi connectivity index (χ0) is 10.2. The van der Waals surface area contributed by atoms with Crippen molar-refractivity contribution < 1.29 is 0 Å². The molecule has 0 fully saturated rings. The number of aromatic amines is 1. The van der Waals surface area contributed by atoms with Gasteiger partial charge in [0.15, 0.2) is 0 Å². The van der Waals surface area contributed by atoms with Crippen LogP contribution in [0.25, 0.3) is 0 Å². The average Bonchev–Trinajstić information content (AvgIpc) is 2.29. The summed E-state index contributed by atoms with van der Waals surface area (Å²) < 4.78 is 2.39. The van der Waals surface area contributed by atoms with Gasteiger partial charge in [-0.2, -0.15) is 0 Å². The Morgan fingerprint density at radius 3 is 2.31 bits per heavy atom. The molecular formula is C9H17N3S. The SMILES string of the molecule is CC(c1nc(=S)n(C)[nH]1)C(C)(C)C. The molecule has 0 aliphatic heterocycles. The first kappa shape index (κ1) is 10.4. The van der Waals surface area contributed by atoms with Crippen molar-refractivity contribution in [2.24, 2.45) is 12.5 Å². The van der Waals surface area contributed by atoms with Crippen LogP contribution in [0, 0.1) is 10.2 Å². The van der Waals surface area contributed by atoms with E-state index in [9.17, 15) is 0 Å². The van der Waals surface area contributed by atoms with E-state index < -0.39 is 0 Å². The number of nitrogens with one attached hydrogen (secondary N) is 1. The number of rotatable bonds is 1. The summed E-state index contributed by atoms with van der Waals surface area (Å²) in [4.78, 5) is 4.30. The van der Waals surface area contributed by atoms with E-state index in [1.165, 1.54) is 0 Å². The molecule has 0 spiro atoms. The number of aromatic nitrogens is 3. The van der Waals surface area contributed by atoms with E-state index in [4.69, 9.17) is 12.2 Å². The van der Waals surface area contributed by atoms with Gasteiger partial charge in [0.25, 0.3) is 0 Å². The van der Waals surface area contributed by atoms with Gasteiger partial charge < -0.3 is 0 Å². The highest BCUT2D eigenvalue weighted by Gasteiger charge is 2.24. The number of hydrogen-bond acceptors (Lipinski definition) is 2. The van der Waals surface area contributed by atoms with Crippen LogP contribution in [0.3, 0.4) is 0 Å². The van der Waals surface area contributed by atoms with Gasteiger partial charge in [-0.15, -0.1) is 0 Å². The van der Waals surface area contributed by atoms with Crippen LogP contribution in [0.1, 0.15) is 39.4 Å². The molecule has 3 nitrogen and oxygen atoms in total. The third kappa shape index (κ3) is 2.18. The molecule has 13 heavy (non-hydrogen) atoms. The van der Waals surface area contributed by atoms with Gasteiger partial charge in [-0.25, -0.2) is 4.98 Å². The maximum absolute atomic E-state index is 5.04. The van der Waals surface area contributed by atoms with Crippen LogP contribution >= 0.6 is 12.2 Å². The number of H-pyrrole nitrogens is 1. The Morgan fingerprint density at radius 1 is 1.46 bits per heavy atom. The summed E-state index contributed by atoms with van der Waals surface area (Å²) in [5, 5.41) is 3.15. The first-order valence-corrected chi connectivity index (χ1v) is 4.86. The van der Waals surface area contributed by atoms with Gasteiger partial charge >= 0.3 is 0 Å². The van der Waals surface area contributed by atoms with Crippen LogP contribution < -0.4 is 0 Å². The van der Waals surface area contributed by atoms with Crippen molar-refractivity contribution in [1.82, 2.24) is 14.8 Å². The monoisotopic (exact) mass is 199 g/mol. The minimum Gasteiger partial charge on any atom is -0.283 e. The largest absolute Gasteiger partial charge is 0.283 e. The van der Waals surface area contributed by atoms with Crippen LogP contribution in [0.4, 0.5) is 0 Å². The Labute approximate surface area is 84.2 Å². The zero-order valence-electron chi connectivity index (χ0n) is 8.88. The highest BCUT2D eigenvalue weighted by molar-refractivity contribution is 7.71. The van der Waals surface area contributed by atoms with E-state index in [1.54, 1.807) is 4.68 Å². The lowest BCUT2D eigenvalue weighted by molar-refractivity contribution is 0.327. The molecule has 0 aromatic carbocycles. The van der Waals surface area contributed by atoms with Crippen molar-refractivity contribution in [3.63, 3.8) is 0 Å². The summed E-state index contributed by atoms with van der Waals surface area (Å²) in [7, 11) is 1.88. The molecular weight excluding hydrogens is 182 g/mol. The Balaban J connectivity index is 3.03. The van der Waals surface area contributed by atoms with Crippen LogP contribution in [0.5, 0.6) is 0 Å². The van der Waals surface area contributed by atoms with Gasteiger partial charge in [-0.3, -0.25) is 9.78 Å². The van der Waals surface area contributed by atoms with Crippen LogP contribution in [0.15, 0.2) is 0 Å². The molecule has 1 heterocycles. The Kier molecular flexibility index (Phi) is 2.61. The molecule has 0 aliphatic rings. The van der Waals surface area contributed by atoms with E-state index in [1.807, 2.05) is 7.05 Å². The molecule has 4 heteroatoms. The molecule has 1 atom stereocenters. The quantitative estimate of drug-likeness (QED) is 0.705. The predicted octanol–water partition coefficient (Wildman–Crippen LogP) is 2.63. The van der Waals surface area contributed by atoms with Gasteiger partial charge in [-0.05, 0) is 17.6 Å².